The number of methoxy groups -OCH3 is 1. The van der Waals surface area contributed by atoms with Crippen molar-refractivity contribution in [1.82, 2.24) is 24.6 Å². The Morgan fingerprint density at radius 1 is 1.24 bits per heavy atom. The fraction of sp³-hybridized carbons (Fsp3) is 0.619. The summed E-state index contributed by atoms with van der Waals surface area (Å²) in [4.78, 5) is 21.8. The Kier molecular flexibility index (Phi) is 6.44. The number of aromatic nitrogens is 4. The van der Waals surface area contributed by atoms with E-state index in [2.05, 4.69) is 19.8 Å². The van der Waals surface area contributed by atoms with Crippen LogP contribution in [0.2, 0.25) is 0 Å². The molecule has 2 aromatic rings. The molecule has 2 aliphatic rings. The topological polar surface area (TPSA) is 82.4 Å². The van der Waals surface area contributed by atoms with Gasteiger partial charge in [-0.15, -0.1) is 0 Å². The minimum Gasteiger partial charge on any atom is -0.470 e. The predicted octanol–water partition coefficient (Wildman–Crippen LogP) is 4.11. The number of hydrogen-bond acceptors (Lipinski definition) is 6. The Bertz CT molecular complexity index is 1000. The quantitative estimate of drug-likeness (QED) is 0.590. The molecule has 2 fully saturated rings. The monoisotopic (exact) mass is 471 g/mol. The highest BCUT2D eigenvalue weighted by Gasteiger charge is 2.36. The summed E-state index contributed by atoms with van der Waals surface area (Å²) >= 11 is 0. The van der Waals surface area contributed by atoms with Crippen molar-refractivity contribution in [2.75, 3.05) is 20.2 Å². The molecule has 0 atom stereocenters. The van der Waals surface area contributed by atoms with Crippen molar-refractivity contribution in [3.63, 3.8) is 0 Å². The zero-order valence-corrected chi connectivity index (χ0v) is 18.3. The van der Waals surface area contributed by atoms with Crippen LogP contribution < -0.4 is 4.74 Å². The number of carbonyl (C=O) groups is 1. The van der Waals surface area contributed by atoms with Crippen molar-refractivity contribution in [3.05, 3.63) is 29.2 Å². The van der Waals surface area contributed by atoms with Crippen LogP contribution in [-0.2, 0) is 11.2 Å². The van der Waals surface area contributed by atoms with E-state index < -0.39 is 18.4 Å². The normalized spacial score (nSPS) is 18.9. The summed E-state index contributed by atoms with van der Waals surface area (Å²) in [5, 5.41) is 3.90. The van der Waals surface area contributed by atoms with Crippen molar-refractivity contribution >= 4 is 6.09 Å². The lowest BCUT2D eigenvalue weighted by atomic mass is 9.84. The molecule has 0 N–H and O–H groups in total. The van der Waals surface area contributed by atoms with Gasteiger partial charge in [0.1, 0.15) is 11.8 Å². The number of halogens is 4. The summed E-state index contributed by atoms with van der Waals surface area (Å²) in [5.74, 6) is -2.34. The molecule has 8 nitrogen and oxygen atoms in total. The zero-order chi connectivity index (χ0) is 23.8. The average Bonchev–Trinajstić information content (AvgIpc) is 3.13. The van der Waals surface area contributed by atoms with Gasteiger partial charge in [0.15, 0.2) is 0 Å². The molecular formula is C21H25F4N5O3. The fourth-order valence-electron chi connectivity index (χ4n) is 4.08. The minimum absolute atomic E-state index is 0.0229. The molecular weight excluding hydrogens is 446 g/mol. The van der Waals surface area contributed by atoms with Gasteiger partial charge in [-0.1, -0.05) is 0 Å². The lowest BCUT2D eigenvalue weighted by Crippen LogP contribution is -2.56. The molecule has 33 heavy (non-hydrogen) atoms. The first-order valence-corrected chi connectivity index (χ1v) is 10.7. The third kappa shape index (κ3) is 5.36. The van der Waals surface area contributed by atoms with Crippen LogP contribution in [0.5, 0.6) is 5.88 Å². The highest BCUT2D eigenvalue weighted by atomic mass is 19.3. The maximum absolute atomic E-state index is 13.5. The van der Waals surface area contributed by atoms with Gasteiger partial charge >= 0.3 is 6.09 Å². The van der Waals surface area contributed by atoms with Crippen LogP contribution in [0.3, 0.4) is 0 Å². The van der Waals surface area contributed by atoms with Gasteiger partial charge < -0.3 is 14.4 Å². The van der Waals surface area contributed by atoms with Crippen molar-refractivity contribution < 1.29 is 31.8 Å². The molecule has 0 spiro atoms. The van der Waals surface area contributed by atoms with Crippen LogP contribution >= 0.6 is 0 Å². The number of rotatable bonds is 6. The lowest BCUT2D eigenvalue weighted by molar-refractivity contribution is -0.0457. The summed E-state index contributed by atoms with van der Waals surface area (Å²) in [6.45, 7) is 2.15. The summed E-state index contributed by atoms with van der Waals surface area (Å²) in [7, 11) is 1.29. The second-order valence-electron chi connectivity index (χ2n) is 8.56. The molecule has 1 amide bonds. The highest BCUT2D eigenvalue weighted by molar-refractivity contribution is 5.68. The summed E-state index contributed by atoms with van der Waals surface area (Å²) in [5.41, 5.74) is 0.485. The van der Waals surface area contributed by atoms with Crippen molar-refractivity contribution in [2.24, 2.45) is 5.92 Å². The smallest absolute Gasteiger partial charge is 0.409 e. The molecule has 1 saturated heterocycles. The SMILES string of the molecule is COC(=O)N1CC(Oc2cc(CC3CCC(F)(F)CC3)nc(-n3cc(C)c(C(F)F)n3)n2)C1. The first-order chi connectivity index (χ1) is 15.6. The number of ether oxygens (including phenoxy) is 2. The van der Waals surface area contributed by atoms with Gasteiger partial charge in [-0.05, 0) is 37.7 Å². The van der Waals surface area contributed by atoms with Gasteiger partial charge in [0.2, 0.25) is 11.8 Å². The zero-order valence-electron chi connectivity index (χ0n) is 18.3. The Morgan fingerprint density at radius 3 is 2.55 bits per heavy atom. The lowest BCUT2D eigenvalue weighted by Gasteiger charge is -2.37. The van der Waals surface area contributed by atoms with Gasteiger partial charge in [-0.2, -0.15) is 10.1 Å². The number of carbonyl (C=O) groups excluding carboxylic acids is 1. The second-order valence-corrected chi connectivity index (χ2v) is 8.56. The number of alkyl halides is 4. The molecule has 2 aromatic heterocycles. The van der Waals surface area contributed by atoms with Crippen molar-refractivity contribution in [3.8, 4) is 11.8 Å². The molecule has 1 saturated carbocycles. The third-order valence-corrected chi connectivity index (χ3v) is 5.99. The Hall–Kier alpha value is -2.92. The van der Waals surface area contributed by atoms with Crippen molar-refractivity contribution in [2.45, 2.75) is 57.5 Å². The van der Waals surface area contributed by atoms with Gasteiger partial charge in [0, 0.05) is 25.1 Å². The molecule has 1 aliphatic carbocycles. The van der Waals surface area contributed by atoms with Crippen LogP contribution in [0.1, 0.15) is 49.1 Å². The van der Waals surface area contributed by atoms with Crippen molar-refractivity contribution in [1.29, 1.82) is 0 Å². The van der Waals surface area contributed by atoms with E-state index in [-0.39, 0.29) is 42.4 Å². The van der Waals surface area contributed by atoms with E-state index >= 15 is 0 Å². The number of hydrogen-bond donors (Lipinski definition) is 0. The number of likely N-dealkylation sites (tertiary alicyclic amines) is 1. The molecule has 3 heterocycles. The maximum Gasteiger partial charge on any atom is 0.409 e. The van der Waals surface area contributed by atoms with Crippen LogP contribution in [0.15, 0.2) is 12.3 Å². The van der Waals surface area contributed by atoms with Crippen LogP contribution in [-0.4, -0.2) is 63.0 Å². The Morgan fingerprint density at radius 2 is 1.94 bits per heavy atom. The molecule has 0 radical (unpaired) electrons. The summed E-state index contributed by atoms with van der Waals surface area (Å²) in [6, 6.07) is 1.63. The van der Waals surface area contributed by atoms with Crippen LogP contribution in [0.25, 0.3) is 5.95 Å². The molecule has 180 valence electrons. The third-order valence-electron chi connectivity index (χ3n) is 5.99. The van der Waals surface area contributed by atoms with E-state index in [0.717, 1.165) is 0 Å². The first kappa shape index (κ1) is 23.2. The molecule has 1 aliphatic heterocycles. The van der Waals surface area contributed by atoms with E-state index in [9.17, 15) is 22.4 Å². The van der Waals surface area contributed by atoms with Gasteiger partial charge in [0.05, 0.1) is 25.9 Å². The average molecular weight is 471 g/mol. The molecule has 4 rings (SSSR count). The number of amides is 1. The van der Waals surface area contributed by atoms with Crippen LogP contribution in [0.4, 0.5) is 22.4 Å². The van der Waals surface area contributed by atoms with Gasteiger partial charge in [-0.3, -0.25) is 0 Å². The standard InChI is InChI=1S/C21H25F4N5O3/c1-12-9-30(28-17(12)18(22)23)19-26-14(7-13-3-5-21(24,25)6-4-13)8-16(27-19)33-15-10-29(11-15)20(31)32-2/h8-9,13,15,18H,3-7,10-11H2,1-2H3. The highest BCUT2D eigenvalue weighted by Crippen LogP contribution is 2.37. The largest absolute Gasteiger partial charge is 0.470 e. The van der Waals surface area contributed by atoms with E-state index in [4.69, 9.17) is 4.74 Å². The van der Waals surface area contributed by atoms with Gasteiger partial charge in [0.25, 0.3) is 12.4 Å². The first-order valence-electron chi connectivity index (χ1n) is 10.7. The second kappa shape index (κ2) is 9.14. The minimum atomic E-state index is -2.74. The maximum atomic E-state index is 13.5. The predicted molar refractivity (Wildman–Crippen MR) is 108 cm³/mol. The van der Waals surface area contributed by atoms with Crippen LogP contribution in [0, 0.1) is 12.8 Å². The van der Waals surface area contributed by atoms with E-state index in [1.165, 1.54) is 29.8 Å². The molecule has 0 unspecified atom stereocenters. The molecule has 0 bridgehead atoms. The molecule has 12 heteroatoms. The van der Waals surface area contributed by atoms with E-state index in [1.807, 2.05) is 0 Å². The van der Waals surface area contributed by atoms with Gasteiger partial charge in [-0.25, -0.2) is 32.0 Å². The molecule has 0 aromatic carbocycles. The number of nitrogens with zero attached hydrogens (tertiary/aromatic N) is 5. The summed E-state index contributed by atoms with van der Waals surface area (Å²) in [6.07, 6.45) is -1.26. The fourth-order valence-corrected chi connectivity index (χ4v) is 4.08. The van der Waals surface area contributed by atoms with E-state index in [1.54, 1.807) is 6.07 Å². The Balaban J connectivity index is 1.55. The van der Waals surface area contributed by atoms with E-state index in [0.29, 0.717) is 43.6 Å². The Labute approximate surface area is 187 Å². The number of aryl methyl sites for hydroxylation is 1. The summed E-state index contributed by atoms with van der Waals surface area (Å²) < 4.78 is 65.1.